The van der Waals surface area contributed by atoms with Crippen molar-refractivity contribution in [2.75, 3.05) is 13.1 Å². The van der Waals surface area contributed by atoms with Gasteiger partial charge in [-0.3, -0.25) is 0 Å². The summed E-state index contributed by atoms with van der Waals surface area (Å²) in [7, 11) is 0. The number of nitrogens with one attached hydrogen (secondary N) is 1. The molecular formula is C14H23N3O. The lowest BCUT2D eigenvalue weighted by molar-refractivity contribution is 0.109. The van der Waals surface area contributed by atoms with Crippen LogP contribution in [0.4, 0.5) is 0 Å². The van der Waals surface area contributed by atoms with Gasteiger partial charge in [-0.1, -0.05) is 6.92 Å². The topological polar surface area (TPSA) is 50.1 Å². The smallest absolute Gasteiger partial charge is 0.0950 e. The molecule has 2 N–H and O–H groups in total. The van der Waals surface area contributed by atoms with Crippen molar-refractivity contribution >= 4 is 0 Å². The summed E-state index contributed by atoms with van der Waals surface area (Å²) in [5.74, 6) is 0. The number of aromatic nitrogens is 2. The number of aliphatic hydroxyl groups excluding tert-OH is 1. The largest absolute Gasteiger partial charge is 0.393 e. The van der Waals surface area contributed by atoms with Gasteiger partial charge in [0.05, 0.1) is 12.4 Å². The van der Waals surface area contributed by atoms with E-state index in [0.717, 1.165) is 38.8 Å². The van der Waals surface area contributed by atoms with Crippen LogP contribution in [0, 0.1) is 0 Å². The Morgan fingerprint density at radius 1 is 1.39 bits per heavy atom. The van der Waals surface area contributed by atoms with Crippen LogP contribution in [-0.4, -0.2) is 33.9 Å². The highest BCUT2D eigenvalue weighted by atomic mass is 16.3. The zero-order chi connectivity index (χ0) is 12.6. The van der Waals surface area contributed by atoms with Gasteiger partial charge in [0.25, 0.3) is 0 Å². The fourth-order valence-electron chi connectivity index (χ4n) is 3.44. The van der Waals surface area contributed by atoms with Gasteiger partial charge in [0.2, 0.25) is 0 Å². The second-order valence-corrected chi connectivity index (χ2v) is 6.14. The first-order chi connectivity index (χ1) is 8.69. The molecule has 0 radical (unpaired) electrons. The predicted octanol–water partition coefficient (Wildman–Crippen LogP) is 1.61. The SMILES string of the molecule is CC1(c2cncn2C2CCC(O)CC2)CCNC1. The third-order valence-corrected chi connectivity index (χ3v) is 4.71. The molecular weight excluding hydrogens is 226 g/mol. The Balaban J connectivity index is 1.83. The molecule has 4 heteroatoms. The van der Waals surface area contributed by atoms with Crippen molar-refractivity contribution in [3.63, 3.8) is 0 Å². The molecule has 1 aliphatic heterocycles. The Hall–Kier alpha value is -0.870. The molecule has 0 aromatic carbocycles. The van der Waals surface area contributed by atoms with Crippen LogP contribution in [0.3, 0.4) is 0 Å². The summed E-state index contributed by atoms with van der Waals surface area (Å²) < 4.78 is 2.37. The predicted molar refractivity (Wildman–Crippen MR) is 70.6 cm³/mol. The maximum atomic E-state index is 9.62. The maximum Gasteiger partial charge on any atom is 0.0950 e. The molecule has 0 amide bonds. The molecule has 2 heterocycles. The second-order valence-electron chi connectivity index (χ2n) is 6.14. The zero-order valence-corrected chi connectivity index (χ0v) is 11.1. The van der Waals surface area contributed by atoms with E-state index in [-0.39, 0.29) is 11.5 Å². The van der Waals surface area contributed by atoms with Gasteiger partial charge in [0, 0.05) is 29.9 Å². The summed E-state index contributed by atoms with van der Waals surface area (Å²) in [4.78, 5) is 4.38. The first kappa shape index (κ1) is 12.2. The molecule has 1 aliphatic carbocycles. The van der Waals surface area contributed by atoms with Gasteiger partial charge in [0.15, 0.2) is 0 Å². The van der Waals surface area contributed by atoms with Crippen molar-refractivity contribution in [1.82, 2.24) is 14.9 Å². The van der Waals surface area contributed by atoms with E-state index in [1.54, 1.807) is 0 Å². The Labute approximate surface area is 108 Å². The molecule has 3 rings (SSSR count). The molecule has 100 valence electrons. The molecule has 18 heavy (non-hydrogen) atoms. The van der Waals surface area contributed by atoms with Crippen molar-refractivity contribution in [3.05, 3.63) is 18.2 Å². The van der Waals surface area contributed by atoms with Crippen LogP contribution in [-0.2, 0) is 5.41 Å². The molecule has 4 nitrogen and oxygen atoms in total. The fraction of sp³-hybridized carbons (Fsp3) is 0.786. The molecule has 2 fully saturated rings. The minimum Gasteiger partial charge on any atom is -0.393 e. The highest BCUT2D eigenvalue weighted by molar-refractivity contribution is 5.18. The minimum atomic E-state index is -0.0862. The van der Waals surface area contributed by atoms with E-state index in [9.17, 15) is 5.11 Å². The van der Waals surface area contributed by atoms with E-state index in [0.29, 0.717) is 6.04 Å². The van der Waals surface area contributed by atoms with Crippen LogP contribution in [0.2, 0.25) is 0 Å². The van der Waals surface area contributed by atoms with Crippen molar-refractivity contribution < 1.29 is 5.11 Å². The first-order valence-corrected chi connectivity index (χ1v) is 7.10. The maximum absolute atomic E-state index is 9.62. The molecule has 1 unspecified atom stereocenters. The van der Waals surface area contributed by atoms with E-state index < -0.39 is 0 Å². The molecule has 1 aromatic rings. The molecule has 1 atom stereocenters. The van der Waals surface area contributed by atoms with E-state index in [1.807, 2.05) is 12.5 Å². The zero-order valence-electron chi connectivity index (χ0n) is 11.1. The van der Waals surface area contributed by atoms with Crippen molar-refractivity contribution in [3.8, 4) is 0 Å². The Kier molecular flexibility index (Phi) is 3.16. The summed E-state index contributed by atoms with van der Waals surface area (Å²) in [6, 6.07) is 0.531. The Bertz CT molecular complexity index is 401. The van der Waals surface area contributed by atoms with Crippen LogP contribution in [0.25, 0.3) is 0 Å². The molecule has 1 saturated carbocycles. The number of aliphatic hydroxyl groups is 1. The van der Waals surface area contributed by atoms with E-state index >= 15 is 0 Å². The highest BCUT2D eigenvalue weighted by Gasteiger charge is 2.35. The quantitative estimate of drug-likeness (QED) is 0.837. The molecule has 1 aromatic heterocycles. The number of hydrogen-bond acceptors (Lipinski definition) is 3. The lowest BCUT2D eigenvalue weighted by atomic mass is 9.85. The molecule has 1 saturated heterocycles. The van der Waals surface area contributed by atoms with Gasteiger partial charge in [-0.05, 0) is 38.6 Å². The standard InChI is InChI=1S/C14H23N3O/c1-14(6-7-15-9-14)13-8-16-10-17(13)11-2-4-12(18)5-3-11/h8,10-12,15,18H,2-7,9H2,1H3. The van der Waals surface area contributed by atoms with Crippen LogP contribution in [0.15, 0.2) is 12.5 Å². The monoisotopic (exact) mass is 249 g/mol. The van der Waals surface area contributed by atoms with Crippen LogP contribution in [0.5, 0.6) is 0 Å². The molecule has 2 aliphatic rings. The number of imidazole rings is 1. The summed E-state index contributed by atoms with van der Waals surface area (Å²) in [6.45, 7) is 4.48. The van der Waals surface area contributed by atoms with Gasteiger partial charge in [-0.25, -0.2) is 4.98 Å². The first-order valence-electron chi connectivity index (χ1n) is 7.10. The van der Waals surface area contributed by atoms with Gasteiger partial charge >= 0.3 is 0 Å². The van der Waals surface area contributed by atoms with E-state index in [4.69, 9.17) is 0 Å². The summed E-state index contributed by atoms with van der Waals surface area (Å²) in [5, 5.41) is 13.1. The molecule has 0 bridgehead atoms. The summed E-state index contributed by atoms with van der Waals surface area (Å²) in [5.41, 5.74) is 1.60. The van der Waals surface area contributed by atoms with Crippen molar-refractivity contribution in [2.45, 2.75) is 56.6 Å². The summed E-state index contributed by atoms with van der Waals surface area (Å²) in [6.07, 6.45) is 9.14. The third-order valence-electron chi connectivity index (χ3n) is 4.71. The lowest BCUT2D eigenvalue weighted by Gasteiger charge is -2.32. The summed E-state index contributed by atoms with van der Waals surface area (Å²) >= 11 is 0. The van der Waals surface area contributed by atoms with Gasteiger partial charge in [-0.15, -0.1) is 0 Å². The number of rotatable bonds is 2. The van der Waals surface area contributed by atoms with E-state index in [2.05, 4.69) is 21.8 Å². The fourth-order valence-corrected chi connectivity index (χ4v) is 3.44. The number of hydrogen-bond donors (Lipinski definition) is 2. The Morgan fingerprint density at radius 2 is 2.17 bits per heavy atom. The van der Waals surface area contributed by atoms with Crippen LogP contribution < -0.4 is 5.32 Å². The molecule has 0 spiro atoms. The van der Waals surface area contributed by atoms with Crippen molar-refractivity contribution in [1.29, 1.82) is 0 Å². The normalized spacial score (nSPS) is 37.0. The third kappa shape index (κ3) is 2.08. The average Bonchev–Trinajstić information content (AvgIpc) is 2.99. The minimum absolute atomic E-state index is 0.0862. The second kappa shape index (κ2) is 4.67. The highest BCUT2D eigenvalue weighted by Crippen LogP contribution is 2.35. The van der Waals surface area contributed by atoms with Gasteiger partial charge in [-0.2, -0.15) is 0 Å². The van der Waals surface area contributed by atoms with Crippen LogP contribution in [0.1, 0.15) is 50.8 Å². The lowest BCUT2D eigenvalue weighted by Crippen LogP contribution is -2.30. The average molecular weight is 249 g/mol. The number of nitrogens with zero attached hydrogens (tertiary/aromatic N) is 2. The van der Waals surface area contributed by atoms with Crippen LogP contribution >= 0.6 is 0 Å². The van der Waals surface area contributed by atoms with E-state index in [1.165, 1.54) is 12.1 Å². The van der Waals surface area contributed by atoms with Gasteiger partial charge in [0.1, 0.15) is 0 Å². The van der Waals surface area contributed by atoms with Crippen molar-refractivity contribution in [2.24, 2.45) is 0 Å². The Morgan fingerprint density at radius 3 is 2.83 bits per heavy atom. The van der Waals surface area contributed by atoms with Gasteiger partial charge < -0.3 is 15.0 Å².